The normalized spacial score (nSPS) is 24.8. The van der Waals surface area contributed by atoms with Gasteiger partial charge in [0.05, 0.1) is 0 Å². The Morgan fingerprint density at radius 1 is 1.53 bits per heavy atom. The van der Waals surface area contributed by atoms with Crippen LogP contribution < -0.4 is 0 Å². The molecule has 17 heavy (non-hydrogen) atoms. The van der Waals surface area contributed by atoms with Gasteiger partial charge in [0.25, 0.3) is 0 Å². The first-order chi connectivity index (χ1) is 7.99. The molecule has 1 aliphatic heterocycles. The minimum Gasteiger partial charge on any atom is -0.285 e. The van der Waals surface area contributed by atoms with Crippen molar-refractivity contribution < 1.29 is 8.42 Å². The second-order valence-corrected chi connectivity index (χ2v) is 8.41. The maximum Gasteiger partial charge on any atom is 0.164 e. The van der Waals surface area contributed by atoms with Gasteiger partial charge in [-0.15, -0.1) is 0 Å². The molecule has 0 saturated carbocycles. The molecule has 102 valence electrons. The Morgan fingerprint density at radius 2 is 2.24 bits per heavy atom. The Labute approximate surface area is 115 Å². The second-order valence-electron chi connectivity index (χ2n) is 4.69. The van der Waals surface area contributed by atoms with Gasteiger partial charge in [-0.1, -0.05) is 13.3 Å². The Bertz CT molecular complexity index is 319. The van der Waals surface area contributed by atoms with Gasteiger partial charge in [-0.25, -0.2) is 8.42 Å². The molecule has 3 nitrogen and oxygen atoms in total. The van der Waals surface area contributed by atoms with Gasteiger partial charge in [0.2, 0.25) is 0 Å². The first kappa shape index (κ1) is 15.7. The van der Waals surface area contributed by atoms with E-state index in [1.54, 1.807) is 11.8 Å². The van der Waals surface area contributed by atoms with E-state index < -0.39 is 9.84 Å². The molecule has 1 aliphatic rings. The van der Waals surface area contributed by atoms with Crippen LogP contribution in [0.25, 0.3) is 0 Å². The molecule has 0 N–H and O–H groups in total. The lowest BCUT2D eigenvalue weighted by Crippen LogP contribution is -2.48. The standard InChI is InChI=1S/C11H23NO2S3/c1-3-4-10(8-15)7-12-5-6-16-9-11(12)17(2,13)14/h10-11,15H,3-9H2,1-2H3. The first-order valence-electron chi connectivity index (χ1n) is 6.10. The van der Waals surface area contributed by atoms with Gasteiger partial charge in [0.1, 0.15) is 5.37 Å². The van der Waals surface area contributed by atoms with Crippen LogP contribution >= 0.6 is 24.4 Å². The van der Waals surface area contributed by atoms with Crippen molar-refractivity contribution in [2.24, 2.45) is 5.92 Å². The molecular formula is C11H23NO2S3. The highest BCUT2D eigenvalue weighted by atomic mass is 32.2. The Hall–Kier alpha value is 0.610. The van der Waals surface area contributed by atoms with Crippen LogP contribution in [-0.4, -0.2) is 55.3 Å². The lowest BCUT2D eigenvalue weighted by molar-refractivity contribution is 0.230. The largest absolute Gasteiger partial charge is 0.285 e. The summed E-state index contributed by atoms with van der Waals surface area (Å²) in [5.41, 5.74) is 0. The highest BCUT2D eigenvalue weighted by molar-refractivity contribution is 8.00. The summed E-state index contributed by atoms with van der Waals surface area (Å²) in [6.45, 7) is 3.92. The van der Waals surface area contributed by atoms with Crippen LogP contribution in [0.5, 0.6) is 0 Å². The number of hydrogen-bond acceptors (Lipinski definition) is 5. The van der Waals surface area contributed by atoms with E-state index in [1.165, 1.54) is 6.26 Å². The van der Waals surface area contributed by atoms with Crippen molar-refractivity contribution >= 4 is 34.2 Å². The molecule has 2 atom stereocenters. The van der Waals surface area contributed by atoms with E-state index in [0.717, 1.165) is 37.4 Å². The summed E-state index contributed by atoms with van der Waals surface area (Å²) < 4.78 is 23.5. The maximum absolute atomic E-state index is 11.8. The van der Waals surface area contributed by atoms with Crippen molar-refractivity contribution in [3.63, 3.8) is 0 Å². The second kappa shape index (κ2) is 7.26. The molecule has 0 aromatic heterocycles. The van der Waals surface area contributed by atoms with Crippen LogP contribution in [0.2, 0.25) is 0 Å². The number of thioether (sulfide) groups is 1. The van der Waals surface area contributed by atoms with Crippen LogP contribution in [0.4, 0.5) is 0 Å². The van der Waals surface area contributed by atoms with Crippen molar-refractivity contribution in [2.75, 3.05) is 36.6 Å². The van der Waals surface area contributed by atoms with Crippen molar-refractivity contribution in [2.45, 2.75) is 25.1 Å². The van der Waals surface area contributed by atoms with Crippen molar-refractivity contribution in [1.29, 1.82) is 0 Å². The Kier molecular flexibility index (Phi) is 6.69. The van der Waals surface area contributed by atoms with Crippen LogP contribution in [-0.2, 0) is 9.84 Å². The molecule has 0 amide bonds. The van der Waals surface area contributed by atoms with Crippen LogP contribution in [0.3, 0.4) is 0 Å². The van der Waals surface area contributed by atoms with Gasteiger partial charge in [-0.2, -0.15) is 24.4 Å². The molecule has 0 aromatic rings. The third kappa shape index (κ3) is 5.01. The SMILES string of the molecule is CCCC(CS)CN1CCSCC1S(C)(=O)=O. The molecule has 2 unspecified atom stereocenters. The highest BCUT2D eigenvalue weighted by Gasteiger charge is 2.31. The van der Waals surface area contributed by atoms with E-state index in [0.29, 0.717) is 11.7 Å². The summed E-state index contributed by atoms with van der Waals surface area (Å²) in [5, 5.41) is -0.291. The summed E-state index contributed by atoms with van der Waals surface area (Å²) in [6.07, 6.45) is 3.62. The average Bonchev–Trinajstić information content (AvgIpc) is 2.27. The third-order valence-electron chi connectivity index (χ3n) is 3.13. The van der Waals surface area contributed by atoms with Gasteiger partial charge < -0.3 is 0 Å². The molecule has 1 fully saturated rings. The zero-order valence-electron chi connectivity index (χ0n) is 10.6. The van der Waals surface area contributed by atoms with Gasteiger partial charge in [-0.05, 0) is 18.1 Å². The van der Waals surface area contributed by atoms with Crippen LogP contribution in [0.15, 0.2) is 0 Å². The number of nitrogens with zero attached hydrogens (tertiary/aromatic N) is 1. The number of thiol groups is 1. The fraction of sp³-hybridized carbons (Fsp3) is 1.00. The molecule has 1 rings (SSSR count). The maximum atomic E-state index is 11.8. The number of hydrogen-bond donors (Lipinski definition) is 1. The monoisotopic (exact) mass is 297 g/mol. The molecule has 1 saturated heterocycles. The van der Waals surface area contributed by atoms with E-state index in [1.807, 2.05) is 0 Å². The summed E-state index contributed by atoms with van der Waals surface area (Å²) in [5.74, 6) is 3.10. The lowest BCUT2D eigenvalue weighted by atomic mass is 10.1. The lowest BCUT2D eigenvalue weighted by Gasteiger charge is -2.36. The molecular weight excluding hydrogens is 274 g/mol. The van der Waals surface area contributed by atoms with E-state index in [9.17, 15) is 8.42 Å². The molecule has 0 bridgehead atoms. The fourth-order valence-electron chi connectivity index (χ4n) is 2.20. The number of sulfone groups is 1. The van der Waals surface area contributed by atoms with Gasteiger partial charge in [0.15, 0.2) is 9.84 Å². The van der Waals surface area contributed by atoms with E-state index in [4.69, 9.17) is 0 Å². The fourth-order valence-corrected chi connectivity index (χ4v) is 5.45. The van der Waals surface area contributed by atoms with Crippen molar-refractivity contribution in [1.82, 2.24) is 4.90 Å². The topological polar surface area (TPSA) is 37.4 Å². The van der Waals surface area contributed by atoms with Gasteiger partial charge in [0, 0.05) is 30.9 Å². The average molecular weight is 298 g/mol. The van der Waals surface area contributed by atoms with E-state index in [2.05, 4.69) is 24.5 Å². The zero-order valence-corrected chi connectivity index (χ0v) is 13.2. The summed E-state index contributed by atoms with van der Waals surface area (Å²) in [4.78, 5) is 2.14. The number of rotatable bonds is 6. The predicted molar refractivity (Wildman–Crippen MR) is 79.8 cm³/mol. The summed E-state index contributed by atoms with van der Waals surface area (Å²) >= 11 is 6.11. The highest BCUT2D eigenvalue weighted by Crippen LogP contribution is 2.22. The molecule has 0 aromatic carbocycles. The van der Waals surface area contributed by atoms with Crippen LogP contribution in [0.1, 0.15) is 19.8 Å². The van der Waals surface area contributed by atoms with Crippen LogP contribution in [0, 0.1) is 5.92 Å². The third-order valence-corrected chi connectivity index (χ3v) is 6.34. The summed E-state index contributed by atoms with van der Waals surface area (Å²) in [6, 6.07) is 0. The van der Waals surface area contributed by atoms with Crippen molar-refractivity contribution in [3.05, 3.63) is 0 Å². The van der Waals surface area contributed by atoms with E-state index >= 15 is 0 Å². The molecule has 1 heterocycles. The molecule has 6 heteroatoms. The minimum atomic E-state index is -2.96. The molecule has 0 spiro atoms. The minimum absolute atomic E-state index is 0.291. The quantitative estimate of drug-likeness (QED) is 0.758. The Morgan fingerprint density at radius 3 is 2.76 bits per heavy atom. The Balaban J connectivity index is 2.65. The first-order valence-corrected chi connectivity index (χ1v) is 9.84. The zero-order chi connectivity index (χ0) is 12.9. The van der Waals surface area contributed by atoms with Gasteiger partial charge in [-0.3, -0.25) is 4.90 Å². The predicted octanol–water partition coefficient (Wildman–Crippen LogP) is 1.75. The molecule has 0 radical (unpaired) electrons. The smallest absolute Gasteiger partial charge is 0.164 e. The molecule has 0 aliphatic carbocycles. The van der Waals surface area contributed by atoms with E-state index in [-0.39, 0.29) is 5.37 Å². The van der Waals surface area contributed by atoms with Crippen molar-refractivity contribution in [3.8, 4) is 0 Å². The van der Waals surface area contributed by atoms with Gasteiger partial charge >= 0.3 is 0 Å². The summed E-state index contributed by atoms with van der Waals surface area (Å²) in [7, 11) is -2.96.